The van der Waals surface area contributed by atoms with Gasteiger partial charge in [0.05, 0.1) is 32.8 Å². The summed E-state index contributed by atoms with van der Waals surface area (Å²) in [6.07, 6.45) is 6.33. The van der Waals surface area contributed by atoms with Crippen molar-refractivity contribution < 1.29 is 50.5 Å². The molecule has 11 heteroatoms. The fourth-order valence-corrected chi connectivity index (χ4v) is 2.65. The Hall–Kier alpha value is -2.27. The molecular formula is C22H29F5O6. The number of carbonyl (C=O) groups is 2. The third kappa shape index (κ3) is 10.9. The highest BCUT2D eigenvalue weighted by Gasteiger charge is 2.28. The highest BCUT2D eigenvalue weighted by molar-refractivity contribution is 5.72. The average Bonchev–Trinajstić information content (AvgIpc) is 2.80. The number of esters is 2. The Kier molecular flexibility index (Phi) is 14.3. The molecule has 0 saturated carbocycles. The van der Waals surface area contributed by atoms with Crippen LogP contribution in [0.1, 0.15) is 58.3 Å². The van der Waals surface area contributed by atoms with E-state index in [1.165, 1.54) is 19.3 Å². The minimum absolute atomic E-state index is 0.0571. The van der Waals surface area contributed by atoms with Crippen LogP contribution < -0.4 is 4.74 Å². The van der Waals surface area contributed by atoms with Crippen molar-refractivity contribution in [3.05, 3.63) is 29.1 Å². The zero-order valence-corrected chi connectivity index (χ0v) is 18.5. The van der Waals surface area contributed by atoms with Gasteiger partial charge in [-0.05, 0) is 6.42 Å². The maximum absolute atomic E-state index is 13.4. The first-order chi connectivity index (χ1) is 15.8. The van der Waals surface area contributed by atoms with Crippen molar-refractivity contribution in [2.45, 2.75) is 58.3 Å². The maximum atomic E-state index is 13.4. The van der Waals surface area contributed by atoms with Crippen molar-refractivity contribution in [2.24, 2.45) is 0 Å². The summed E-state index contributed by atoms with van der Waals surface area (Å²) in [6.45, 7) is 2.35. The Morgan fingerprint density at radius 1 is 0.606 bits per heavy atom. The Morgan fingerprint density at radius 2 is 1.12 bits per heavy atom. The van der Waals surface area contributed by atoms with E-state index in [9.17, 15) is 31.5 Å². The van der Waals surface area contributed by atoms with Gasteiger partial charge in [-0.15, -0.1) is 0 Å². The SMILES string of the molecule is CCCCCCCCC(=O)OCCOCCOCCC(=O)Oc1c(F)c(F)c(F)c(F)c1F. The first-order valence-electron chi connectivity index (χ1n) is 10.8. The van der Waals surface area contributed by atoms with Gasteiger partial charge >= 0.3 is 11.9 Å². The molecule has 0 bridgehead atoms. The molecule has 0 heterocycles. The van der Waals surface area contributed by atoms with Gasteiger partial charge in [-0.2, -0.15) is 8.78 Å². The number of benzene rings is 1. The predicted octanol–water partition coefficient (Wildman–Crippen LogP) is 5.00. The smallest absolute Gasteiger partial charge is 0.313 e. The highest BCUT2D eigenvalue weighted by atomic mass is 19.2. The van der Waals surface area contributed by atoms with E-state index in [-0.39, 0.29) is 39.0 Å². The van der Waals surface area contributed by atoms with Crippen LogP contribution in [0.2, 0.25) is 0 Å². The molecular weight excluding hydrogens is 455 g/mol. The summed E-state index contributed by atoms with van der Waals surface area (Å²) in [7, 11) is 0. The molecule has 1 rings (SSSR count). The molecule has 0 unspecified atom stereocenters. The summed E-state index contributed by atoms with van der Waals surface area (Å²) in [4.78, 5) is 23.1. The molecule has 0 aliphatic heterocycles. The van der Waals surface area contributed by atoms with Crippen LogP contribution in [-0.2, 0) is 23.8 Å². The summed E-state index contributed by atoms with van der Waals surface area (Å²) in [5, 5.41) is 0. The van der Waals surface area contributed by atoms with Gasteiger partial charge in [-0.1, -0.05) is 39.0 Å². The fourth-order valence-electron chi connectivity index (χ4n) is 2.65. The molecule has 0 fully saturated rings. The summed E-state index contributed by atoms with van der Waals surface area (Å²) in [5.74, 6) is -14.4. The standard InChI is InChI=1S/C22H29F5O6/c1-2-3-4-5-6-7-8-15(28)32-14-13-31-12-11-30-10-9-16(29)33-22-20(26)18(24)17(23)19(25)21(22)27/h2-14H2,1H3. The molecule has 1 aromatic rings. The van der Waals surface area contributed by atoms with Crippen molar-refractivity contribution >= 4 is 11.9 Å². The second kappa shape index (κ2) is 16.4. The quantitative estimate of drug-likeness (QED) is 0.0774. The Labute approximate surface area is 189 Å². The van der Waals surface area contributed by atoms with Crippen molar-refractivity contribution in [1.82, 2.24) is 0 Å². The number of unbranched alkanes of at least 4 members (excludes halogenated alkanes) is 5. The lowest BCUT2D eigenvalue weighted by Crippen LogP contribution is -2.16. The Balaban J connectivity index is 2.07. The van der Waals surface area contributed by atoms with E-state index in [0.717, 1.165) is 19.3 Å². The fraction of sp³-hybridized carbons (Fsp3) is 0.636. The summed E-state index contributed by atoms with van der Waals surface area (Å²) >= 11 is 0. The van der Waals surface area contributed by atoms with E-state index in [2.05, 4.69) is 11.7 Å². The monoisotopic (exact) mass is 484 g/mol. The van der Waals surface area contributed by atoms with Crippen molar-refractivity contribution in [3.63, 3.8) is 0 Å². The molecule has 0 spiro atoms. The van der Waals surface area contributed by atoms with Crippen molar-refractivity contribution in [3.8, 4) is 5.75 Å². The molecule has 0 aliphatic carbocycles. The van der Waals surface area contributed by atoms with Crippen LogP contribution >= 0.6 is 0 Å². The number of carbonyl (C=O) groups excluding carboxylic acids is 2. The zero-order chi connectivity index (χ0) is 24.6. The van der Waals surface area contributed by atoms with E-state index in [1.807, 2.05) is 0 Å². The molecule has 33 heavy (non-hydrogen) atoms. The van der Waals surface area contributed by atoms with E-state index in [4.69, 9.17) is 14.2 Å². The van der Waals surface area contributed by atoms with Crippen LogP contribution in [-0.4, -0.2) is 45.0 Å². The second-order valence-corrected chi connectivity index (χ2v) is 7.09. The minimum atomic E-state index is -2.35. The number of hydrogen-bond donors (Lipinski definition) is 0. The number of halogens is 5. The van der Waals surface area contributed by atoms with Gasteiger partial charge in [0.2, 0.25) is 34.8 Å². The van der Waals surface area contributed by atoms with Gasteiger partial charge in [0.1, 0.15) is 6.61 Å². The summed E-state index contributed by atoms with van der Waals surface area (Å²) in [6, 6.07) is 0. The predicted molar refractivity (Wildman–Crippen MR) is 107 cm³/mol. The van der Waals surface area contributed by atoms with Gasteiger partial charge in [-0.25, -0.2) is 13.2 Å². The zero-order valence-electron chi connectivity index (χ0n) is 18.5. The average molecular weight is 484 g/mol. The largest absolute Gasteiger partial charge is 0.463 e. The summed E-state index contributed by atoms with van der Waals surface area (Å²) in [5.41, 5.74) is 0. The van der Waals surface area contributed by atoms with Gasteiger partial charge in [0, 0.05) is 6.42 Å². The van der Waals surface area contributed by atoms with Gasteiger partial charge in [-0.3, -0.25) is 9.59 Å². The third-order valence-electron chi connectivity index (χ3n) is 4.43. The van der Waals surface area contributed by atoms with Crippen LogP contribution in [0.25, 0.3) is 0 Å². The van der Waals surface area contributed by atoms with Gasteiger partial charge < -0.3 is 18.9 Å². The van der Waals surface area contributed by atoms with Gasteiger partial charge in [0.15, 0.2) is 0 Å². The molecule has 0 saturated heterocycles. The number of hydrogen-bond acceptors (Lipinski definition) is 6. The van der Waals surface area contributed by atoms with Crippen LogP contribution in [0.3, 0.4) is 0 Å². The number of ether oxygens (including phenoxy) is 4. The molecule has 0 aromatic heterocycles. The lowest BCUT2D eigenvalue weighted by atomic mass is 10.1. The maximum Gasteiger partial charge on any atom is 0.313 e. The minimum Gasteiger partial charge on any atom is -0.463 e. The van der Waals surface area contributed by atoms with Crippen LogP contribution in [0.4, 0.5) is 22.0 Å². The molecule has 0 radical (unpaired) electrons. The van der Waals surface area contributed by atoms with Crippen molar-refractivity contribution in [1.29, 1.82) is 0 Å². The van der Waals surface area contributed by atoms with E-state index >= 15 is 0 Å². The lowest BCUT2D eigenvalue weighted by molar-refractivity contribution is -0.145. The Bertz CT molecular complexity index is 730. The first-order valence-corrected chi connectivity index (χ1v) is 10.8. The van der Waals surface area contributed by atoms with E-state index < -0.39 is 47.2 Å². The van der Waals surface area contributed by atoms with Crippen LogP contribution in [0.5, 0.6) is 5.75 Å². The van der Waals surface area contributed by atoms with E-state index in [0.29, 0.717) is 6.42 Å². The first kappa shape index (κ1) is 28.8. The van der Waals surface area contributed by atoms with Crippen LogP contribution in [0.15, 0.2) is 0 Å². The second-order valence-electron chi connectivity index (χ2n) is 7.09. The lowest BCUT2D eigenvalue weighted by Gasteiger charge is -2.09. The third-order valence-corrected chi connectivity index (χ3v) is 4.43. The normalized spacial score (nSPS) is 11.0. The molecule has 0 atom stereocenters. The molecule has 0 N–H and O–H groups in total. The number of rotatable bonds is 17. The topological polar surface area (TPSA) is 71.1 Å². The van der Waals surface area contributed by atoms with Crippen molar-refractivity contribution in [2.75, 3.05) is 33.0 Å². The molecule has 0 amide bonds. The highest BCUT2D eigenvalue weighted by Crippen LogP contribution is 2.29. The Morgan fingerprint density at radius 3 is 1.76 bits per heavy atom. The molecule has 1 aromatic carbocycles. The summed E-state index contributed by atoms with van der Waals surface area (Å²) < 4.78 is 85.5. The van der Waals surface area contributed by atoms with E-state index in [1.54, 1.807) is 0 Å². The molecule has 0 aliphatic rings. The van der Waals surface area contributed by atoms with Gasteiger partial charge in [0.25, 0.3) is 0 Å². The molecule has 6 nitrogen and oxygen atoms in total. The molecule has 188 valence electrons. The van der Waals surface area contributed by atoms with Crippen LogP contribution in [0, 0.1) is 29.1 Å².